The van der Waals surface area contributed by atoms with Crippen molar-refractivity contribution in [2.24, 2.45) is 0 Å². The Bertz CT molecular complexity index is 706. The summed E-state index contributed by atoms with van der Waals surface area (Å²) >= 11 is 6.19. The number of hydrogen-bond acceptors (Lipinski definition) is 4. The van der Waals surface area contributed by atoms with Gasteiger partial charge in [0.25, 0.3) is 0 Å². The summed E-state index contributed by atoms with van der Waals surface area (Å²) in [7, 11) is 0. The van der Waals surface area contributed by atoms with Crippen LogP contribution in [0.25, 0.3) is 0 Å². The minimum absolute atomic E-state index is 0.0888. The van der Waals surface area contributed by atoms with E-state index in [0.717, 1.165) is 11.1 Å². The Morgan fingerprint density at radius 3 is 3.00 bits per heavy atom. The molecule has 1 aliphatic heterocycles. The highest BCUT2D eigenvalue weighted by atomic mass is 35.5. The van der Waals surface area contributed by atoms with Gasteiger partial charge in [0.15, 0.2) is 11.5 Å². The lowest BCUT2D eigenvalue weighted by Gasteiger charge is -2.20. The van der Waals surface area contributed by atoms with Gasteiger partial charge in [0.1, 0.15) is 13.2 Å². The van der Waals surface area contributed by atoms with Crippen LogP contribution in [-0.2, 0) is 11.2 Å². The van der Waals surface area contributed by atoms with Crippen LogP contribution in [0.15, 0.2) is 36.7 Å². The molecule has 1 aromatic carbocycles. The van der Waals surface area contributed by atoms with Crippen LogP contribution in [0.2, 0.25) is 5.02 Å². The maximum Gasteiger partial charge on any atom is 0.224 e. The minimum Gasteiger partial charge on any atom is -0.486 e. The van der Waals surface area contributed by atoms with E-state index in [1.807, 2.05) is 19.1 Å². The van der Waals surface area contributed by atoms with E-state index < -0.39 is 0 Å². The molecule has 1 atom stereocenters. The van der Waals surface area contributed by atoms with Crippen molar-refractivity contribution in [3.05, 3.63) is 52.8 Å². The largest absolute Gasteiger partial charge is 0.486 e. The van der Waals surface area contributed by atoms with Crippen molar-refractivity contribution in [1.29, 1.82) is 0 Å². The molecule has 1 unspecified atom stereocenters. The van der Waals surface area contributed by atoms with Gasteiger partial charge >= 0.3 is 0 Å². The molecule has 3 rings (SSSR count). The SMILES string of the molecule is CC(NC(=O)Cc1cc(Cl)c2c(c1)OCCO2)c1cccnc1. The molecule has 2 aromatic rings. The number of rotatable bonds is 4. The zero-order valence-corrected chi connectivity index (χ0v) is 13.5. The molecule has 0 aliphatic carbocycles. The average Bonchev–Trinajstić information content (AvgIpc) is 2.55. The molecule has 1 amide bonds. The first kappa shape index (κ1) is 15.6. The van der Waals surface area contributed by atoms with Gasteiger partial charge in [-0.1, -0.05) is 17.7 Å². The zero-order chi connectivity index (χ0) is 16.2. The first-order valence-corrected chi connectivity index (χ1v) is 7.78. The van der Waals surface area contributed by atoms with E-state index in [2.05, 4.69) is 10.3 Å². The van der Waals surface area contributed by atoms with Gasteiger partial charge in [-0.15, -0.1) is 0 Å². The number of amides is 1. The van der Waals surface area contributed by atoms with E-state index in [9.17, 15) is 4.79 Å². The number of carbonyl (C=O) groups is 1. The van der Waals surface area contributed by atoms with Gasteiger partial charge in [-0.25, -0.2) is 0 Å². The molecule has 0 spiro atoms. The highest BCUT2D eigenvalue weighted by Gasteiger charge is 2.18. The number of ether oxygens (including phenoxy) is 2. The molecule has 120 valence electrons. The lowest BCUT2D eigenvalue weighted by atomic mass is 10.1. The zero-order valence-electron chi connectivity index (χ0n) is 12.7. The Hall–Kier alpha value is -2.27. The molecule has 1 aromatic heterocycles. The van der Waals surface area contributed by atoms with Crippen LogP contribution in [0.4, 0.5) is 0 Å². The lowest BCUT2D eigenvalue weighted by Crippen LogP contribution is -2.28. The molecular formula is C17H17ClN2O3. The van der Waals surface area contributed by atoms with Crippen LogP contribution in [0.5, 0.6) is 11.5 Å². The number of fused-ring (bicyclic) bond motifs is 1. The van der Waals surface area contributed by atoms with Crippen LogP contribution in [0.1, 0.15) is 24.1 Å². The molecule has 0 radical (unpaired) electrons. The number of carbonyl (C=O) groups excluding carboxylic acids is 1. The fourth-order valence-electron chi connectivity index (χ4n) is 2.46. The van der Waals surface area contributed by atoms with Crippen LogP contribution in [0, 0.1) is 0 Å². The molecule has 6 heteroatoms. The Morgan fingerprint density at radius 1 is 1.39 bits per heavy atom. The molecule has 1 N–H and O–H groups in total. The molecule has 5 nitrogen and oxygen atoms in total. The number of benzene rings is 1. The second-order valence-corrected chi connectivity index (χ2v) is 5.76. The summed E-state index contributed by atoms with van der Waals surface area (Å²) in [5, 5.41) is 3.41. The number of pyridine rings is 1. The third-order valence-electron chi connectivity index (χ3n) is 3.58. The molecule has 0 saturated carbocycles. The van der Waals surface area contributed by atoms with Gasteiger partial charge in [-0.3, -0.25) is 9.78 Å². The Morgan fingerprint density at radius 2 is 2.22 bits per heavy atom. The van der Waals surface area contributed by atoms with E-state index in [1.54, 1.807) is 24.5 Å². The van der Waals surface area contributed by atoms with Crippen LogP contribution >= 0.6 is 11.6 Å². The number of hydrogen-bond donors (Lipinski definition) is 1. The second-order valence-electron chi connectivity index (χ2n) is 5.35. The summed E-state index contributed by atoms with van der Waals surface area (Å²) in [5.41, 5.74) is 1.75. The van der Waals surface area contributed by atoms with Crippen molar-refractivity contribution in [2.45, 2.75) is 19.4 Å². The third-order valence-corrected chi connectivity index (χ3v) is 3.86. The highest BCUT2D eigenvalue weighted by molar-refractivity contribution is 6.32. The van der Waals surface area contributed by atoms with E-state index in [0.29, 0.717) is 29.7 Å². The standard InChI is InChI=1S/C17H17ClN2O3/c1-11(13-3-2-4-19-10-13)20-16(21)9-12-7-14(18)17-15(8-12)22-5-6-23-17/h2-4,7-8,10-11H,5-6,9H2,1H3,(H,20,21). The van der Waals surface area contributed by atoms with E-state index >= 15 is 0 Å². The Balaban J connectivity index is 1.67. The maximum atomic E-state index is 12.2. The summed E-state index contributed by atoms with van der Waals surface area (Å²) in [6.45, 7) is 2.89. The fourth-order valence-corrected chi connectivity index (χ4v) is 2.75. The van der Waals surface area contributed by atoms with E-state index in [1.165, 1.54) is 0 Å². The first-order chi connectivity index (χ1) is 11.1. The normalized spacial score (nSPS) is 14.2. The molecule has 23 heavy (non-hydrogen) atoms. The lowest BCUT2D eigenvalue weighted by molar-refractivity contribution is -0.121. The number of halogens is 1. The predicted octanol–water partition coefficient (Wildman–Crippen LogP) is 2.93. The third kappa shape index (κ3) is 3.74. The first-order valence-electron chi connectivity index (χ1n) is 7.41. The maximum absolute atomic E-state index is 12.2. The summed E-state index contributed by atoms with van der Waals surface area (Å²) in [6, 6.07) is 7.21. The van der Waals surface area contributed by atoms with Gasteiger partial charge in [0.05, 0.1) is 17.5 Å². The summed E-state index contributed by atoms with van der Waals surface area (Å²) in [5.74, 6) is 1.05. The monoisotopic (exact) mass is 332 g/mol. The van der Waals surface area contributed by atoms with Crippen molar-refractivity contribution in [2.75, 3.05) is 13.2 Å². The Kier molecular flexibility index (Phi) is 4.67. The van der Waals surface area contributed by atoms with E-state index in [-0.39, 0.29) is 18.4 Å². The molecule has 1 aliphatic rings. The summed E-state index contributed by atoms with van der Waals surface area (Å²) < 4.78 is 11.0. The smallest absolute Gasteiger partial charge is 0.224 e. The van der Waals surface area contributed by atoms with Gasteiger partial charge in [-0.05, 0) is 36.2 Å². The van der Waals surface area contributed by atoms with Gasteiger partial charge in [0, 0.05) is 12.4 Å². The fraction of sp³-hybridized carbons (Fsp3) is 0.294. The van der Waals surface area contributed by atoms with Gasteiger partial charge in [0.2, 0.25) is 5.91 Å². The van der Waals surface area contributed by atoms with E-state index in [4.69, 9.17) is 21.1 Å². The van der Waals surface area contributed by atoms with Crippen LogP contribution < -0.4 is 14.8 Å². The van der Waals surface area contributed by atoms with Crippen LogP contribution in [-0.4, -0.2) is 24.1 Å². The quantitative estimate of drug-likeness (QED) is 0.935. The summed E-state index contributed by atoms with van der Waals surface area (Å²) in [4.78, 5) is 16.3. The molecule has 0 fully saturated rings. The number of aromatic nitrogens is 1. The molecular weight excluding hydrogens is 316 g/mol. The molecule has 0 bridgehead atoms. The molecule has 0 saturated heterocycles. The van der Waals surface area contributed by atoms with Crippen molar-refractivity contribution in [1.82, 2.24) is 10.3 Å². The van der Waals surface area contributed by atoms with Crippen molar-refractivity contribution in [3.8, 4) is 11.5 Å². The number of nitrogens with zero attached hydrogens (tertiary/aromatic N) is 1. The second kappa shape index (κ2) is 6.87. The minimum atomic E-state index is -0.108. The van der Waals surface area contributed by atoms with Crippen molar-refractivity contribution < 1.29 is 14.3 Å². The average molecular weight is 333 g/mol. The van der Waals surface area contributed by atoms with Gasteiger partial charge in [-0.2, -0.15) is 0 Å². The van der Waals surface area contributed by atoms with Gasteiger partial charge < -0.3 is 14.8 Å². The topological polar surface area (TPSA) is 60.5 Å². The Labute approximate surface area is 139 Å². The van der Waals surface area contributed by atoms with Crippen molar-refractivity contribution in [3.63, 3.8) is 0 Å². The summed E-state index contributed by atoms with van der Waals surface area (Å²) in [6.07, 6.45) is 3.67. The predicted molar refractivity (Wildman–Crippen MR) is 86.9 cm³/mol. The highest BCUT2D eigenvalue weighted by Crippen LogP contribution is 2.38. The molecule has 2 heterocycles. The van der Waals surface area contributed by atoms with Crippen LogP contribution in [0.3, 0.4) is 0 Å². The number of nitrogens with one attached hydrogen (secondary N) is 1. The van der Waals surface area contributed by atoms with Crippen molar-refractivity contribution >= 4 is 17.5 Å².